The molecule has 2 atom stereocenters. The number of hydrogen-bond donors (Lipinski definition) is 5. The van der Waals surface area contributed by atoms with E-state index in [0.29, 0.717) is 5.57 Å². The predicted octanol–water partition coefficient (Wildman–Crippen LogP) is -1.88. The minimum atomic E-state index is -1.79. The van der Waals surface area contributed by atoms with Crippen molar-refractivity contribution in [3.05, 3.63) is 41.6 Å². The zero-order valence-corrected chi connectivity index (χ0v) is 25.2. The molecular formula is C25H31N9O7S2. The van der Waals surface area contributed by atoms with Crippen molar-refractivity contribution >= 4 is 63.6 Å². The highest BCUT2D eigenvalue weighted by Gasteiger charge is 2.53. The van der Waals surface area contributed by atoms with Gasteiger partial charge in [0, 0.05) is 47.2 Å². The lowest BCUT2D eigenvalue weighted by atomic mass is 10.0. The topological polar surface area (TPSA) is 228 Å². The normalized spacial score (nSPS) is 18.5. The second-order valence-corrected chi connectivity index (χ2v) is 11.9. The molecule has 0 aromatic carbocycles. The van der Waals surface area contributed by atoms with Crippen LogP contribution in [0.3, 0.4) is 0 Å². The lowest BCUT2D eigenvalue weighted by Gasteiger charge is -2.50. The van der Waals surface area contributed by atoms with Crippen molar-refractivity contribution in [1.29, 1.82) is 0 Å². The number of carboxylic acid groups (broad SMARTS) is 2. The van der Waals surface area contributed by atoms with Crippen LogP contribution in [0.2, 0.25) is 0 Å². The van der Waals surface area contributed by atoms with E-state index >= 15 is 0 Å². The number of pyridine rings is 1. The van der Waals surface area contributed by atoms with Gasteiger partial charge in [0.25, 0.3) is 11.8 Å². The monoisotopic (exact) mass is 633 g/mol. The fourth-order valence-corrected chi connectivity index (χ4v) is 5.89. The van der Waals surface area contributed by atoms with Crippen molar-refractivity contribution in [2.24, 2.45) is 5.16 Å². The van der Waals surface area contributed by atoms with Crippen molar-refractivity contribution in [3.63, 3.8) is 0 Å². The first-order valence-corrected chi connectivity index (χ1v) is 14.9. The van der Waals surface area contributed by atoms with E-state index in [0.717, 1.165) is 41.6 Å². The maximum Gasteiger partial charge on any atom is 0.350 e. The van der Waals surface area contributed by atoms with Crippen molar-refractivity contribution in [2.75, 3.05) is 36.9 Å². The Kier molecular flexibility index (Phi) is 9.82. The third-order valence-electron chi connectivity index (χ3n) is 6.47. The van der Waals surface area contributed by atoms with Gasteiger partial charge in [-0.1, -0.05) is 5.16 Å². The highest BCUT2D eigenvalue weighted by Crippen LogP contribution is 2.40. The molecule has 230 valence electrons. The molecule has 1 saturated heterocycles. The molecule has 4 heterocycles. The second-order valence-electron chi connectivity index (χ2n) is 10.0. The van der Waals surface area contributed by atoms with E-state index in [4.69, 9.17) is 10.6 Å². The number of aromatic nitrogens is 3. The first-order chi connectivity index (χ1) is 20.4. The number of aliphatic carboxylic acids is 2. The maximum atomic E-state index is 13.2. The molecule has 2 aliphatic rings. The number of oxime groups is 1. The Morgan fingerprint density at radius 3 is 2.63 bits per heavy atom. The minimum absolute atomic E-state index is 0.0197. The average Bonchev–Trinajstić information content (AvgIpc) is 3.40. The van der Waals surface area contributed by atoms with Gasteiger partial charge in [-0.2, -0.15) is 9.36 Å². The molecule has 2 aromatic heterocycles. The summed E-state index contributed by atoms with van der Waals surface area (Å²) in [6, 6.07) is 2.65. The summed E-state index contributed by atoms with van der Waals surface area (Å²) in [5.74, 6) is -4.40. The van der Waals surface area contributed by atoms with Crippen LogP contribution in [0, 0.1) is 0 Å². The molecule has 0 bridgehead atoms. The van der Waals surface area contributed by atoms with Crippen LogP contribution in [-0.4, -0.2) is 91.7 Å². The highest BCUT2D eigenvalue weighted by atomic mass is 32.2. The number of β-lactam (4-membered cyclic amide) rings is 1. The SMILES string of the molecule is CNCCCNc1cc[n+](CC2=C(C(=O)[O-])N3C(=O)C(NC(=O)/C(=N\OC(C)(C)C(=O)O)c4nsc(N)n4)C3SC2)cc1. The number of fused-ring (bicyclic) bond motifs is 1. The molecule has 2 aliphatic heterocycles. The number of nitrogens with zero attached hydrogens (tertiary/aromatic N) is 5. The van der Waals surface area contributed by atoms with Crippen molar-refractivity contribution in [1.82, 2.24) is 24.9 Å². The number of amides is 2. The first-order valence-electron chi connectivity index (χ1n) is 13.1. The van der Waals surface area contributed by atoms with Crippen LogP contribution < -0.4 is 31.4 Å². The van der Waals surface area contributed by atoms with E-state index in [2.05, 4.69) is 30.5 Å². The molecule has 2 aromatic rings. The van der Waals surface area contributed by atoms with E-state index in [9.17, 15) is 29.4 Å². The fourth-order valence-electron chi connectivity index (χ4n) is 4.12. The van der Waals surface area contributed by atoms with E-state index in [1.165, 1.54) is 25.6 Å². The Labute approximate surface area is 254 Å². The Morgan fingerprint density at radius 2 is 2.02 bits per heavy atom. The number of nitrogens with two attached hydrogens (primary N) is 1. The van der Waals surface area contributed by atoms with E-state index in [-0.39, 0.29) is 29.0 Å². The summed E-state index contributed by atoms with van der Waals surface area (Å²) >= 11 is 2.05. The average molecular weight is 634 g/mol. The maximum absolute atomic E-state index is 13.2. The fraction of sp³-hybridized carbons (Fsp3) is 0.440. The number of carbonyl (C=O) groups is 4. The molecule has 2 unspecified atom stereocenters. The quantitative estimate of drug-likeness (QED) is 0.0505. The molecule has 0 saturated carbocycles. The molecule has 16 nitrogen and oxygen atoms in total. The Morgan fingerprint density at radius 1 is 1.30 bits per heavy atom. The molecule has 0 radical (unpaired) electrons. The van der Waals surface area contributed by atoms with Crippen LogP contribution in [0.1, 0.15) is 26.1 Å². The summed E-state index contributed by atoms with van der Waals surface area (Å²) in [7, 11) is 1.89. The van der Waals surface area contributed by atoms with Gasteiger partial charge in [-0.25, -0.2) is 9.36 Å². The lowest BCUT2D eigenvalue weighted by molar-refractivity contribution is -0.689. The van der Waals surface area contributed by atoms with Gasteiger partial charge in [0.1, 0.15) is 11.4 Å². The van der Waals surface area contributed by atoms with Crippen LogP contribution in [0.25, 0.3) is 0 Å². The summed E-state index contributed by atoms with van der Waals surface area (Å²) in [4.78, 5) is 60.0. The summed E-state index contributed by atoms with van der Waals surface area (Å²) in [5, 5.41) is 33.4. The number of thioether (sulfide) groups is 1. The van der Waals surface area contributed by atoms with Gasteiger partial charge in [0.2, 0.25) is 17.1 Å². The highest BCUT2D eigenvalue weighted by molar-refractivity contribution is 8.00. The molecule has 0 aliphatic carbocycles. The minimum Gasteiger partial charge on any atom is -0.543 e. The van der Waals surface area contributed by atoms with Crippen molar-refractivity contribution < 1.29 is 38.8 Å². The zero-order chi connectivity index (χ0) is 31.3. The molecule has 43 heavy (non-hydrogen) atoms. The number of nitrogens with one attached hydrogen (secondary N) is 3. The van der Waals surface area contributed by atoms with Gasteiger partial charge < -0.3 is 41.5 Å². The van der Waals surface area contributed by atoms with Crippen LogP contribution >= 0.6 is 23.3 Å². The molecule has 4 rings (SSSR count). The van der Waals surface area contributed by atoms with Crippen molar-refractivity contribution in [2.45, 2.75) is 43.8 Å². The van der Waals surface area contributed by atoms with Crippen LogP contribution in [0.15, 0.2) is 41.0 Å². The number of carbonyl (C=O) groups excluding carboxylic acids is 3. The van der Waals surface area contributed by atoms with Gasteiger partial charge in [-0.3, -0.25) is 14.5 Å². The molecule has 1 fully saturated rings. The summed E-state index contributed by atoms with van der Waals surface area (Å²) in [6.45, 7) is 4.36. The molecule has 18 heteroatoms. The molecule has 0 spiro atoms. The number of nitrogen functional groups attached to an aromatic ring is 1. The standard InChI is InChI=1S/C25H31N9O7S2/c1-25(2,23(39)40)41-31-15(18-30-24(26)43-32-18)19(35)29-16-20(36)34-17(22(37)38)13(12-42-21(16)34)11-33-9-5-14(6-10-33)28-8-4-7-27-3/h5-6,9-10,16,21,27H,4,7-8,11-12H2,1-3H3,(H5,26,29,30,32,35,37,38,39,40)/b31-15-. The summed E-state index contributed by atoms with van der Waals surface area (Å²) in [6.07, 6.45) is 4.58. The lowest BCUT2D eigenvalue weighted by Crippen LogP contribution is -2.71. The van der Waals surface area contributed by atoms with E-state index in [1.807, 2.05) is 31.6 Å². The largest absolute Gasteiger partial charge is 0.543 e. The van der Waals surface area contributed by atoms with Gasteiger partial charge in [-0.15, -0.1) is 11.8 Å². The Bertz CT molecular complexity index is 1460. The first kappa shape index (κ1) is 31.6. The van der Waals surface area contributed by atoms with Gasteiger partial charge in [0.15, 0.2) is 24.1 Å². The van der Waals surface area contributed by atoms with Crippen molar-refractivity contribution in [3.8, 4) is 0 Å². The summed E-state index contributed by atoms with van der Waals surface area (Å²) in [5.41, 5.74) is 4.50. The van der Waals surface area contributed by atoms with E-state index < -0.39 is 46.5 Å². The number of carboxylic acids is 2. The third kappa shape index (κ3) is 7.20. The molecular weight excluding hydrogens is 602 g/mol. The Balaban J connectivity index is 1.47. The van der Waals surface area contributed by atoms with E-state index in [1.54, 1.807) is 4.57 Å². The Hall–Kier alpha value is -4.29. The number of anilines is 2. The number of hydrogen-bond acceptors (Lipinski definition) is 14. The van der Waals surface area contributed by atoms with Crippen LogP contribution in [-0.2, 0) is 30.6 Å². The predicted molar refractivity (Wildman–Crippen MR) is 154 cm³/mol. The zero-order valence-electron chi connectivity index (χ0n) is 23.5. The van der Waals surface area contributed by atoms with Crippen LogP contribution in [0.4, 0.5) is 10.8 Å². The summed E-state index contributed by atoms with van der Waals surface area (Å²) < 4.78 is 5.73. The van der Waals surface area contributed by atoms with Gasteiger partial charge in [-0.05, 0) is 33.9 Å². The molecule has 6 N–H and O–H groups in total. The van der Waals surface area contributed by atoms with Gasteiger partial charge in [0.05, 0.1) is 11.7 Å². The molecule has 2 amide bonds. The van der Waals surface area contributed by atoms with Gasteiger partial charge >= 0.3 is 5.97 Å². The smallest absolute Gasteiger partial charge is 0.350 e. The second kappa shape index (κ2) is 13.3. The van der Waals surface area contributed by atoms with Crippen LogP contribution in [0.5, 0.6) is 0 Å². The third-order valence-corrected chi connectivity index (χ3v) is 8.36. The number of rotatable bonds is 14.